The van der Waals surface area contributed by atoms with E-state index in [1.807, 2.05) is 37.3 Å². The average molecular weight is 428 g/mol. The molecule has 0 bridgehead atoms. The van der Waals surface area contributed by atoms with E-state index in [2.05, 4.69) is 9.88 Å². The third kappa shape index (κ3) is 4.26. The van der Waals surface area contributed by atoms with E-state index in [9.17, 15) is 8.42 Å². The van der Waals surface area contributed by atoms with Crippen molar-refractivity contribution in [1.82, 2.24) is 14.2 Å². The molecular formula is C22H25N3O4S. The van der Waals surface area contributed by atoms with Crippen LogP contribution in [0.3, 0.4) is 0 Å². The van der Waals surface area contributed by atoms with Crippen LogP contribution in [0.5, 0.6) is 5.75 Å². The average Bonchev–Trinajstić information content (AvgIpc) is 3.15. The van der Waals surface area contributed by atoms with Gasteiger partial charge in [0.15, 0.2) is 0 Å². The topological polar surface area (TPSA) is 75.9 Å². The molecule has 0 aliphatic carbocycles. The summed E-state index contributed by atoms with van der Waals surface area (Å²) in [6.07, 6.45) is 0. The molecule has 0 amide bonds. The van der Waals surface area contributed by atoms with Gasteiger partial charge < -0.3 is 9.15 Å². The Labute approximate surface area is 177 Å². The van der Waals surface area contributed by atoms with Crippen LogP contribution >= 0.6 is 0 Å². The number of rotatable bonds is 6. The summed E-state index contributed by atoms with van der Waals surface area (Å²) in [6, 6.07) is 16.3. The Hall–Kier alpha value is -2.68. The largest absolute Gasteiger partial charge is 0.497 e. The van der Waals surface area contributed by atoms with Crippen LogP contribution in [0.2, 0.25) is 0 Å². The van der Waals surface area contributed by atoms with E-state index in [-0.39, 0.29) is 4.90 Å². The number of methoxy groups -OCH3 is 1. The first-order valence-corrected chi connectivity index (χ1v) is 11.3. The Morgan fingerprint density at radius 1 is 1.00 bits per heavy atom. The molecule has 1 aliphatic heterocycles. The highest BCUT2D eigenvalue weighted by molar-refractivity contribution is 7.89. The fourth-order valence-corrected chi connectivity index (χ4v) is 4.94. The zero-order valence-electron chi connectivity index (χ0n) is 17.1. The summed E-state index contributed by atoms with van der Waals surface area (Å²) in [7, 11) is -1.95. The fourth-order valence-electron chi connectivity index (χ4n) is 3.52. The molecule has 8 heteroatoms. The lowest BCUT2D eigenvalue weighted by atomic mass is 10.2. The minimum atomic E-state index is -3.51. The number of sulfonamides is 1. The van der Waals surface area contributed by atoms with Crippen molar-refractivity contribution in [3.8, 4) is 17.2 Å². The molecule has 30 heavy (non-hydrogen) atoms. The van der Waals surface area contributed by atoms with Crippen molar-refractivity contribution in [2.75, 3.05) is 33.3 Å². The summed E-state index contributed by atoms with van der Waals surface area (Å²) in [5, 5.41) is 0. The van der Waals surface area contributed by atoms with Gasteiger partial charge in [-0.2, -0.15) is 4.31 Å². The van der Waals surface area contributed by atoms with Crippen LogP contribution in [-0.2, 0) is 16.6 Å². The van der Waals surface area contributed by atoms with E-state index in [0.29, 0.717) is 44.4 Å². The molecule has 0 spiro atoms. The molecule has 3 aromatic rings. The maximum atomic E-state index is 12.9. The highest BCUT2D eigenvalue weighted by Gasteiger charge is 2.29. The number of piperazine rings is 1. The molecule has 1 aromatic heterocycles. The number of aromatic nitrogens is 1. The minimum Gasteiger partial charge on any atom is -0.497 e. The lowest BCUT2D eigenvalue weighted by Crippen LogP contribution is -2.48. The van der Waals surface area contributed by atoms with Crippen LogP contribution in [0.15, 0.2) is 63.9 Å². The number of hydrogen-bond acceptors (Lipinski definition) is 6. The van der Waals surface area contributed by atoms with Gasteiger partial charge in [-0.3, -0.25) is 4.90 Å². The second kappa shape index (κ2) is 8.59. The van der Waals surface area contributed by atoms with Crippen LogP contribution < -0.4 is 4.74 Å². The molecule has 2 heterocycles. The number of benzene rings is 2. The number of nitrogens with zero attached hydrogens (tertiary/aromatic N) is 3. The van der Waals surface area contributed by atoms with Gasteiger partial charge in [0.1, 0.15) is 11.5 Å². The van der Waals surface area contributed by atoms with E-state index >= 15 is 0 Å². The third-order valence-electron chi connectivity index (χ3n) is 5.32. The Kier molecular flexibility index (Phi) is 5.90. The molecule has 4 rings (SSSR count). The predicted molar refractivity (Wildman–Crippen MR) is 114 cm³/mol. The zero-order chi connectivity index (χ0) is 21.1. The first-order valence-electron chi connectivity index (χ1n) is 9.85. The third-order valence-corrected chi connectivity index (χ3v) is 7.23. The van der Waals surface area contributed by atoms with Crippen molar-refractivity contribution in [3.63, 3.8) is 0 Å². The summed E-state index contributed by atoms with van der Waals surface area (Å²) in [6.45, 7) is 4.72. The molecule has 1 aliphatic rings. The van der Waals surface area contributed by atoms with Crippen molar-refractivity contribution >= 4 is 10.0 Å². The highest BCUT2D eigenvalue weighted by Crippen LogP contribution is 2.24. The van der Waals surface area contributed by atoms with Crippen molar-refractivity contribution in [1.29, 1.82) is 0 Å². The van der Waals surface area contributed by atoms with Gasteiger partial charge in [-0.15, -0.1) is 0 Å². The van der Waals surface area contributed by atoms with Gasteiger partial charge in [-0.25, -0.2) is 13.4 Å². The van der Waals surface area contributed by atoms with Crippen molar-refractivity contribution < 1.29 is 17.6 Å². The maximum absolute atomic E-state index is 12.9. The predicted octanol–water partition coefficient (Wildman–Crippen LogP) is 3.17. The van der Waals surface area contributed by atoms with Crippen LogP contribution in [0.1, 0.15) is 11.5 Å². The molecule has 1 fully saturated rings. The summed E-state index contributed by atoms with van der Waals surface area (Å²) < 4.78 is 38.3. The van der Waals surface area contributed by atoms with Gasteiger partial charge in [0.2, 0.25) is 15.9 Å². The molecule has 1 saturated heterocycles. The van der Waals surface area contributed by atoms with Gasteiger partial charge in [0, 0.05) is 38.3 Å². The first-order chi connectivity index (χ1) is 14.5. The van der Waals surface area contributed by atoms with Crippen LogP contribution in [0.4, 0.5) is 0 Å². The molecule has 7 nitrogen and oxygen atoms in total. The SMILES string of the molecule is COc1ccc(S(=O)(=O)N2CCN(Cc3nc(-c4ccccc4)oc3C)CC2)cc1. The van der Waals surface area contributed by atoms with Crippen LogP contribution in [0.25, 0.3) is 11.5 Å². The monoisotopic (exact) mass is 427 g/mol. The van der Waals surface area contributed by atoms with Crippen LogP contribution in [-0.4, -0.2) is 55.9 Å². The minimum absolute atomic E-state index is 0.289. The summed E-state index contributed by atoms with van der Waals surface area (Å²) in [4.78, 5) is 7.15. The maximum Gasteiger partial charge on any atom is 0.243 e. The Balaban J connectivity index is 1.39. The first kappa shape index (κ1) is 20.6. The lowest BCUT2D eigenvalue weighted by molar-refractivity contribution is 0.179. The van der Waals surface area contributed by atoms with E-state index in [1.54, 1.807) is 31.4 Å². The zero-order valence-corrected chi connectivity index (χ0v) is 17.9. The number of aryl methyl sites for hydroxylation is 1. The summed E-state index contributed by atoms with van der Waals surface area (Å²) in [5.41, 5.74) is 1.84. The number of oxazole rings is 1. The fraction of sp³-hybridized carbons (Fsp3) is 0.318. The van der Waals surface area contributed by atoms with E-state index in [0.717, 1.165) is 17.0 Å². The van der Waals surface area contributed by atoms with Crippen molar-refractivity contribution in [2.24, 2.45) is 0 Å². The lowest BCUT2D eigenvalue weighted by Gasteiger charge is -2.33. The van der Waals surface area contributed by atoms with Crippen LogP contribution in [0, 0.1) is 6.92 Å². The van der Waals surface area contributed by atoms with E-state index in [4.69, 9.17) is 9.15 Å². The molecule has 0 N–H and O–H groups in total. The van der Waals surface area contributed by atoms with E-state index < -0.39 is 10.0 Å². The highest BCUT2D eigenvalue weighted by atomic mass is 32.2. The van der Waals surface area contributed by atoms with Crippen molar-refractivity contribution in [3.05, 3.63) is 66.1 Å². The molecule has 158 valence electrons. The van der Waals surface area contributed by atoms with Gasteiger partial charge in [-0.1, -0.05) is 18.2 Å². The van der Waals surface area contributed by atoms with E-state index in [1.165, 1.54) is 4.31 Å². The molecule has 2 aromatic carbocycles. The molecule has 0 atom stereocenters. The summed E-state index contributed by atoms with van der Waals surface area (Å²) >= 11 is 0. The molecular weight excluding hydrogens is 402 g/mol. The quantitative estimate of drug-likeness (QED) is 0.602. The normalized spacial score (nSPS) is 15.9. The smallest absolute Gasteiger partial charge is 0.243 e. The second-order valence-electron chi connectivity index (χ2n) is 7.24. The molecule has 0 radical (unpaired) electrons. The molecule has 0 saturated carbocycles. The molecule has 0 unspecified atom stereocenters. The van der Waals surface area contributed by atoms with Crippen molar-refractivity contribution in [2.45, 2.75) is 18.4 Å². The van der Waals surface area contributed by atoms with Gasteiger partial charge in [-0.05, 0) is 43.3 Å². The van der Waals surface area contributed by atoms with Gasteiger partial charge in [0.05, 0.1) is 17.7 Å². The summed E-state index contributed by atoms with van der Waals surface area (Å²) in [5.74, 6) is 2.04. The second-order valence-corrected chi connectivity index (χ2v) is 9.18. The van der Waals surface area contributed by atoms with Gasteiger partial charge >= 0.3 is 0 Å². The number of ether oxygens (including phenoxy) is 1. The Morgan fingerprint density at radius 3 is 2.30 bits per heavy atom. The number of hydrogen-bond donors (Lipinski definition) is 0. The van der Waals surface area contributed by atoms with Gasteiger partial charge in [0.25, 0.3) is 0 Å². The standard InChI is InChI=1S/C22H25N3O4S/c1-17-21(23-22(29-17)18-6-4-3-5-7-18)16-24-12-14-25(15-13-24)30(26,27)20-10-8-19(28-2)9-11-20/h3-11H,12-16H2,1-2H3. The Bertz CT molecular complexity index is 1090. The Morgan fingerprint density at radius 2 is 1.67 bits per heavy atom.